The maximum Gasteiger partial charge on any atom is 0.314 e. The number of urea groups is 1. The first-order valence-corrected chi connectivity index (χ1v) is 7.20. The standard InChI is InChI=1S/C15H32N2O2/c1-12(2)9-15(5,6)11-17-13(19)16-10-14(3,4)7-8-18/h12,18H,7-11H2,1-6H3,(H2,16,17,19). The van der Waals surface area contributed by atoms with Crippen LogP contribution in [0.3, 0.4) is 0 Å². The maximum atomic E-state index is 11.7. The van der Waals surface area contributed by atoms with Crippen molar-refractivity contribution in [3.63, 3.8) is 0 Å². The van der Waals surface area contributed by atoms with Crippen LogP contribution in [0.4, 0.5) is 4.79 Å². The second kappa shape index (κ2) is 7.73. The fourth-order valence-electron chi connectivity index (χ4n) is 2.27. The first kappa shape index (κ1) is 18.2. The van der Waals surface area contributed by atoms with E-state index in [4.69, 9.17) is 5.11 Å². The average Bonchev–Trinajstić information content (AvgIpc) is 2.22. The van der Waals surface area contributed by atoms with E-state index in [-0.39, 0.29) is 23.5 Å². The number of amides is 2. The summed E-state index contributed by atoms with van der Waals surface area (Å²) >= 11 is 0. The molecule has 19 heavy (non-hydrogen) atoms. The minimum absolute atomic E-state index is 0.0699. The van der Waals surface area contributed by atoms with Crippen LogP contribution >= 0.6 is 0 Å². The predicted octanol–water partition coefficient (Wildman–Crippen LogP) is 2.77. The third kappa shape index (κ3) is 9.77. The zero-order chi connectivity index (χ0) is 15.1. The Morgan fingerprint density at radius 2 is 1.53 bits per heavy atom. The lowest BCUT2D eigenvalue weighted by Crippen LogP contribution is -2.44. The second-order valence-electron chi connectivity index (χ2n) is 7.44. The topological polar surface area (TPSA) is 61.4 Å². The summed E-state index contributed by atoms with van der Waals surface area (Å²) in [6.45, 7) is 14.2. The summed E-state index contributed by atoms with van der Waals surface area (Å²) in [7, 11) is 0. The van der Waals surface area contributed by atoms with Crippen LogP contribution in [-0.2, 0) is 0 Å². The minimum Gasteiger partial charge on any atom is -0.396 e. The Kier molecular flexibility index (Phi) is 7.42. The number of carbonyl (C=O) groups is 1. The first-order chi connectivity index (χ1) is 8.58. The van der Waals surface area contributed by atoms with Crippen LogP contribution in [0.25, 0.3) is 0 Å². The number of aliphatic hydroxyl groups is 1. The summed E-state index contributed by atoms with van der Waals surface area (Å²) < 4.78 is 0. The largest absolute Gasteiger partial charge is 0.396 e. The molecule has 0 unspecified atom stereocenters. The highest BCUT2D eigenvalue weighted by molar-refractivity contribution is 5.73. The predicted molar refractivity (Wildman–Crippen MR) is 80.1 cm³/mol. The van der Waals surface area contributed by atoms with Gasteiger partial charge >= 0.3 is 6.03 Å². The lowest BCUT2D eigenvalue weighted by Gasteiger charge is -2.28. The maximum absolute atomic E-state index is 11.7. The van der Waals surface area contributed by atoms with Gasteiger partial charge in [0.05, 0.1) is 0 Å². The van der Waals surface area contributed by atoms with Gasteiger partial charge in [0, 0.05) is 19.7 Å². The molecule has 0 saturated heterocycles. The second-order valence-corrected chi connectivity index (χ2v) is 7.44. The van der Waals surface area contributed by atoms with E-state index in [0.717, 1.165) is 6.42 Å². The Morgan fingerprint density at radius 3 is 1.95 bits per heavy atom. The van der Waals surface area contributed by atoms with Gasteiger partial charge in [0.2, 0.25) is 0 Å². The molecule has 0 aromatic carbocycles. The summed E-state index contributed by atoms with van der Waals surface area (Å²) in [6, 6.07) is -0.122. The molecule has 0 bridgehead atoms. The van der Waals surface area contributed by atoms with Gasteiger partial charge in [-0.05, 0) is 29.6 Å². The van der Waals surface area contributed by atoms with Crippen molar-refractivity contribution in [3.8, 4) is 0 Å². The van der Waals surface area contributed by atoms with Gasteiger partial charge in [0.15, 0.2) is 0 Å². The van der Waals surface area contributed by atoms with Crippen molar-refractivity contribution in [2.75, 3.05) is 19.7 Å². The summed E-state index contributed by atoms with van der Waals surface area (Å²) in [6.07, 6.45) is 1.77. The highest BCUT2D eigenvalue weighted by Crippen LogP contribution is 2.24. The van der Waals surface area contributed by atoms with E-state index >= 15 is 0 Å². The molecule has 0 atom stereocenters. The van der Waals surface area contributed by atoms with Gasteiger partial charge < -0.3 is 15.7 Å². The van der Waals surface area contributed by atoms with E-state index in [9.17, 15) is 4.79 Å². The number of hydrogen-bond acceptors (Lipinski definition) is 2. The van der Waals surface area contributed by atoms with Crippen molar-refractivity contribution in [2.45, 2.75) is 54.4 Å². The van der Waals surface area contributed by atoms with E-state index < -0.39 is 0 Å². The van der Waals surface area contributed by atoms with Crippen LogP contribution in [-0.4, -0.2) is 30.8 Å². The molecular weight excluding hydrogens is 240 g/mol. The van der Waals surface area contributed by atoms with Crippen LogP contribution in [0.2, 0.25) is 0 Å². The van der Waals surface area contributed by atoms with Gasteiger partial charge in [-0.3, -0.25) is 0 Å². The summed E-state index contributed by atoms with van der Waals surface area (Å²) in [5, 5.41) is 14.7. The molecule has 0 spiro atoms. The van der Waals surface area contributed by atoms with Crippen molar-refractivity contribution in [3.05, 3.63) is 0 Å². The Morgan fingerprint density at radius 1 is 1.05 bits per heavy atom. The SMILES string of the molecule is CC(C)CC(C)(C)CNC(=O)NCC(C)(C)CCO. The summed E-state index contributed by atoms with van der Waals surface area (Å²) in [5.41, 5.74) is 0.0473. The van der Waals surface area contributed by atoms with E-state index in [2.05, 4.69) is 38.3 Å². The molecule has 0 rings (SSSR count). The van der Waals surface area contributed by atoms with Crippen molar-refractivity contribution in [1.29, 1.82) is 0 Å². The Hall–Kier alpha value is -0.770. The van der Waals surface area contributed by atoms with Gasteiger partial charge in [0.25, 0.3) is 0 Å². The quantitative estimate of drug-likeness (QED) is 0.636. The summed E-state index contributed by atoms with van der Waals surface area (Å²) in [5.74, 6) is 0.628. The van der Waals surface area contributed by atoms with Crippen molar-refractivity contribution < 1.29 is 9.90 Å². The molecule has 2 amide bonds. The van der Waals surface area contributed by atoms with Gasteiger partial charge in [-0.25, -0.2) is 4.79 Å². The number of hydrogen-bond donors (Lipinski definition) is 3. The molecule has 3 N–H and O–H groups in total. The third-order valence-corrected chi connectivity index (χ3v) is 3.20. The Labute approximate surface area is 118 Å². The Balaban J connectivity index is 3.99. The van der Waals surface area contributed by atoms with E-state index in [0.29, 0.717) is 25.4 Å². The van der Waals surface area contributed by atoms with Gasteiger partial charge in [0.1, 0.15) is 0 Å². The highest BCUT2D eigenvalue weighted by Gasteiger charge is 2.21. The number of nitrogens with one attached hydrogen (secondary N) is 2. The van der Waals surface area contributed by atoms with Crippen LogP contribution in [0, 0.1) is 16.7 Å². The van der Waals surface area contributed by atoms with Crippen LogP contribution < -0.4 is 10.6 Å². The van der Waals surface area contributed by atoms with Gasteiger partial charge in [-0.15, -0.1) is 0 Å². The van der Waals surface area contributed by atoms with E-state index in [1.807, 2.05) is 13.8 Å². The van der Waals surface area contributed by atoms with E-state index in [1.54, 1.807) is 0 Å². The molecule has 0 aliphatic rings. The molecule has 0 aliphatic heterocycles. The van der Waals surface area contributed by atoms with Crippen LogP contribution in [0.1, 0.15) is 54.4 Å². The smallest absolute Gasteiger partial charge is 0.314 e. The lowest BCUT2D eigenvalue weighted by molar-refractivity contribution is 0.198. The van der Waals surface area contributed by atoms with Gasteiger partial charge in [-0.1, -0.05) is 41.5 Å². The molecule has 0 saturated carbocycles. The van der Waals surface area contributed by atoms with Crippen molar-refractivity contribution in [1.82, 2.24) is 10.6 Å². The number of carbonyl (C=O) groups excluding carboxylic acids is 1. The highest BCUT2D eigenvalue weighted by atomic mass is 16.3. The molecule has 4 heteroatoms. The normalized spacial score (nSPS) is 12.6. The summed E-state index contributed by atoms with van der Waals surface area (Å²) in [4.78, 5) is 11.7. The van der Waals surface area contributed by atoms with Crippen molar-refractivity contribution >= 4 is 6.03 Å². The molecule has 114 valence electrons. The monoisotopic (exact) mass is 272 g/mol. The van der Waals surface area contributed by atoms with Gasteiger partial charge in [-0.2, -0.15) is 0 Å². The molecule has 0 aromatic heterocycles. The fraction of sp³-hybridized carbons (Fsp3) is 0.933. The molecule has 0 aromatic rings. The average molecular weight is 272 g/mol. The van der Waals surface area contributed by atoms with E-state index in [1.165, 1.54) is 0 Å². The number of rotatable bonds is 8. The molecular formula is C15H32N2O2. The Bertz CT molecular complexity index is 273. The van der Waals surface area contributed by atoms with Crippen molar-refractivity contribution in [2.24, 2.45) is 16.7 Å². The molecule has 0 aliphatic carbocycles. The zero-order valence-electron chi connectivity index (χ0n) is 13.5. The fourth-order valence-corrected chi connectivity index (χ4v) is 2.27. The molecule has 4 nitrogen and oxygen atoms in total. The molecule has 0 radical (unpaired) electrons. The van der Waals surface area contributed by atoms with Crippen LogP contribution in [0.5, 0.6) is 0 Å². The minimum atomic E-state index is -0.122. The zero-order valence-corrected chi connectivity index (χ0v) is 13.5. The molecule has 0 heterocycles. The molecule has 0 fully saturated rings. The number of aliphatic hydroxyl groups excluding tert-OH is 1. The first-order valence-electron chi connectivity index (χ1n) is 7.20. The van der Waals surface area contributed by atoms with Crippen LogP contribution in [0.15, 0.2) is 0 Å². The third-order valence-electron chi connectivity index (χ3n) is 3.20. The lowest BCUT2D eigenvalue weighted by atomic mass is 9.84.